The highest BCUT2D eigenvalue weighted by atomic mass is 35.5. The third kappa shape index (κ3) is 2.48. The zero-order chi connectivity index (χ0) is 12.3. The smallest absolute Gasteiger partial charge is 0.194 e. The number of carbonyl (C=O) groups is 1. The Hall–Kier alpha value is -1.80. The molecule has 2 aromatic carbocycles. The maximum Gasteiger partial charge on any atom is 0.194 e. The molecule has 86 valence electrons. The van der Waals surface area contributed by atoms with Crippen molar-refractivity contribution in [2.24, 2.45) is 0 Å². The topological polar surface area (TPSA) is 26.3 Å². The summed E-state index contributed by atoms with van der Waals surface area (Å²) < 4.78 is 5.04. The first-order valence-corrected chi connectivity index (χ1v) is 5.53. The molecule has 0 heterocycles. The number of hydrogen-bond acceptors (Lipinski definition) is 2. The summed E-state index contributed by atoms with van der Waals surface area (Å²) in [7, 11) is 1.56. The molecule has 2 nitrogen and oxygen atoms in total. The molecule has 0 saturated heterocycles. The van der Waals surface area contributed by atoms with E-state index in [0.717, 1.165) is 0 Å². The van der Waals surface area contributed by atoms with Gasteiger partial charge in [-0.3, -0.25) is 4.79 Å². The van der Waals surface area contributed by atoms with E-state index in [1.807, 2.05) is 18.2 Å². The number of hydrogen-bond donors (Lipinski definition) is 0. The molecule has 17 heavy (non-hydrogen) atoms. The monoisotopic (exact) mass is 246 g/mol. The molecule has 0 fully saturated rings. The highest BCUT2D eigenvalue weighted by molar-refractivity contribution is 6.35. The fraction of sp³-hybridized carbons (Fsp3) is 0.0714. The molecule has 0 bridgehead atoms. The van der Waals surface area contributed by atoms with Crippen molar-refractivity contribution >= 4 is 17.4 Å². The van der Waals surface area contributed by atoms with Gasteiger partial charge in [-0.05, 0) is 18.2 Å². The van der Waals surface area contributed by atoms with Crippen molar-refractivity contribution in [3.63, 3.8) is 0 Å². The molecule has 0 aromatic heterocycles. The molecule has 0 amide bonds. The molecule has 0 radical (unpaired) electrons. The van der Waals surface area contributed by atoms with E-state index >= 15 is 0 Å². The highest BCUT2D eigenvalue weighted by Crippen LogP contribution is 2.24. The molecule has 0 aliphatic carbocycles. The van der Waals surface area contributed by atoms with E-state index in [2.05, 4.69) is 0 Å². The van der Waals surface area contributed by atoms with E-state index in [1.165, 1.54) is 0 Å². The number of ketones is 1. The van der Waals surface area contributed by atoms with Crippen LogP contribution in [-0.4, -0.2) is 12.9 Å². The molecule has 2 rings (SSSR count). The number of ether oxygens (including phenoxy) is 1. The predicted octanol–water partition coefficient (Wildman–Crippen LogP) is 3.58. The van der Waals surface area contributed by atoms with Crippen molar-refractivity contribution in [3.05, 3.63) is 64.7 Å². The van der Waals surface area contributed by atoms with Crippen molar-refractivity contribution in [1.82, 2.24) is 0 Å². The molecule has 0 saturated carbocycles. The van der Waals surface area contributed by atoms with Crippen LogP contribution in [0.1, 0.15) is 15.9 Å². The van der Waals surface area contributed by atoms with Crippen LogP contribution in [0.15, 0.2) is 48.5 Å². The summed E-state index contributed by atoms with van der Waals surface area (Å²) in [4.78, 5) is 12.1. The minimum atomic E-state index is -0.0850. The maximum atomic E-state index is 12.1. The number of methoxy groups -OCH3 is 1. The Morgan fingerprint density at radius 1 is 1.12 bits per heavy atom. The lowest BCUT2D eigenvalue weighted by Gasteiger charge is -2.05. The first-order valence-electron chi connectivity index (χ1n) is 5.15. The van der Waals surface area contributed by atoms with Gasteiger partial charge in [0, 0.05) is 11.1 Å². The predicted molar refractivity (Wildman–Crippen MR) is 67.9 cm³/mol. The molecule has 0 aliphatic rings. The van der Waals surface area contributed by atoms with E-state index in [0.29, 0.717) is 21.9 Å². The molecule has 0 spiro atoms. The molecule has 0 N–H and O–H groups in total. The summed E-state index contributed by atoms with van der Waals surface area (Å²) >= 11 is 6.05. The average molecular weight is 247 g/mol. The van der Waals surface area contributed by atoms with Crippen molar-refractivity contribution < 1.29 is 9.53 Å². The lowest BCUT2D eigenvalue weighted by atomic mass is 10.0. The van der Waals surface area contributed by atoms with Gasteiger partial charge in [-0.15, -0.1) is 0 Å². The SMILES string of the molecule is COc1ccc(C(=O)c2ccccc2)c(Cl)c1. The summed E-state index contributed by atoms with van der Waals surface area (Å²) in [5.74, 6) is 0.554. The number of benzene rings is 2. The lowest BCUT2D eigenvalue weighted by Crippen LogP contribution is -2.01. The zero-order valence-electron chi connectivity index (χ0n) is 9.31. The van der Waals surface area contributed by atoms with Gasteiger partial charge in [-0.25, -0.2) is 0 Å². The maximum absolute atomic E-state index is 12.1. The van der Waals surface area contributed by atoms with Gasteiger partial charge in [-0.1, -0.05) is 41.9 Å². The normalized spacial score (nSPS) is 10.0. The van der Waals surface area contributed by atoms with Crippen LogP contribution >= 0.6 is 11.6 Å². The van der Waals surface area contributed by atoms with E-state index in [1.54, 1.807) is 37.4 Å². The van der Waals surface area contributed by atoms with Crippen LogP contribution in [0.4, 0.5) is 0 Å². The van der Waals surface area contributed by atoms with Gasteiger partial charge >= 0.3 is 0 Å². The molecule has 2 aromatic rings. The van der Waals surface area contributed by atoms with Gasteiger partial charge in [0.05, 0.1) is 12.1 Å². The standard InChI is InChI=1S/C14H11ClO2/c1-17-11-7-8-12(13(15)9-11)14(16)10-5-3-2-4-6-10/h2-9H,1H3. The minimum absolute atomic E-state index is 0.0850. The van der Waals surface area contributed by atoms with Gasteiger partial charge in [-0.2, -0.15) is 0 Å². The van der Waals surface area contributed by atoms with Crippen molar-refractivity contribution in [1.29, 1.82) is 0 Å². The van der Waals surface area contributed by atoms with Crippen LogP contribution in [0.5, 0.6) is 5.75 Å². The van der Waals surface area contributed by atoms with Gasteiger partial charge in [0.1, 0.15) is 5.75 Å². The third-order valence-electron chi connectivity index (χ3n) is 2.46. The summed E-state index contributed by atoms with van der Waals surface area (Å²) in [6.45, 7) is 0. The largest absolute Gasteiger partial charge is 0.497 e. The third-order valence-corrected chi connectivity index (χ3v) is 2.77. The van der Waals surface area contributed by atoms with Gasteiger partial charge < -0.3 is 4.74 Å². The Kier molecular flexibility index (Phi) is 3.45. The van der Waals surface area contributed by atoms with E-state index < -0.39 is 0 Å². The van der Waals surface area contributed by atoms with Gasteiger partial charge in [0.25, 0.3) is 0 Å². The van der Waals surface area contributed by atoms with Crippen molar-refractivity contribution in [2.75, 3.05) is 7.11 Å². The second kappa shape index (κ2) is 5.02. The van der Waals surface area contributed by atoms with Crippen LogP contribution in [0.2, 0.25) is 5.02 Å². The molecule has 0 atom stereocenters. The van der Waals surface area contributed by atoms with E-state index in [-0.39, 0.29) is 5.78 Å². The van der Waals surface area contributed by atoms with Crippen LogP contribution < -0.4 is 4.74 Å². The fourth-order valence-electron chi connectivity index (χ4n) is 1.55. The molecular formula is C14H11ClO2. The summed E-state index contributed by atoms with van der Waals surface area (Å²) in [5, 5.41) is 0.401. The molecule has 3 heteroatoms. The first-order chi connectivity index (χ1) is 8.22. The quantitative estimate of drug-likeness (QED) is 0.774. The number of rotatable bonds is 3. The summed E-state index contributed by atoms with van der Waals surface area (Å²) in [6, 6.07) is 14.1. The van der Waals surface area contributed by atoms with Gasteiger partial charge in [0.15, 0.2) is 5.78 Å². The molecular weight excluding hydrogens is 236 g/mol. The van der Waals surface area contributed by atoms with Crippen molar-refractivity contribution in [2.45, 2.75) is 0 Å². The number of halogens is 1. The van der Waals surface area contributed by atoms with E-state index in [4.69, 9.17) is 16.3 Å². The van der Waals surface area contributed by atoms with Crippen LogP contribution in [0.3, 0.4) is 0 Å². The second-order valence-corrected chi connectivity index (χ2v) is 3.95. The van der Waals surface area contributed by atoms with Crippen molar-refractivity contribution in [3.8, 4) is 5.75 Å². The lowest BCUT2D eigenvalue weighted by molar-refractivity contribution is 0.103. The van der Waals surface area contributed by atoms with Crippen LogP contribution in [0.25, 0.3) is 0 Å². The average Bonchev–Trinajstić information content (AvgIpc) is 2.39. The number of carbonyl (C=O) groups excluding carboxylic acids is 1. The Morgan fingerprint density at radius 2 is 1.82 bits per heavy atom. The Morgan fingerprint density at radius 3 is 2.41 bits per heavy atom. The summed E-state index contributed by atoms with van der Waals surface area (Å²) in [5.41, 5.74) is 1.11. The first kappa shape index (κ1) is 11.7. The Labute approximate surface area is 105 Å². The fourth-order valence-corrected chi connectivity index (χ4v) is 1.81. The van der Waals surface area contributed by atoms with E-state index in [9.17, 15) is 4.79 Å². The second-order valence-electron chi connectivity index (χ2n) is 3.54. The van der Waals surface area contributed by atoms with Crippen LogP contribution in [0, 0.1) is 0 Å². The molecule has 0 aliphatic heterocycles. The van der Waals surface area contributed by atoms with Gasteiger partial charge in [0.2, 0.25) is 0 Å². The Balaban J connectivity index is 2.38. The highest BCUT2D eigenvalue weighted by Gasteiger charge is 2.12. The Bertz CT molecular complexity index is 535. The summed E-state index contributed by atoms with van der Waals surface area (Å²) in [6.07, 6.45) is 0. The zero-order valence-corrected chi connectivity index (χ0v) is 10.1. The molecule has 0 unspecified atom stereocenters. The van der Waals surface area contributed by atoms with Crippen LogP contribution in [-0.2, 0) is 0 Å². The minimum Gasteiger partial charge on any atom is -0.497 e.